The van der Waals surface area contributed by atoms with Crippen LogP contribution >= 0.6 is 0 Å². The summed E-state index contributed by atoms with van der Waals surface area (Å²) in [6, 6.07) is 3.85. The van der Waals surface area contributed by atoms with Gasteiger partial charge >= 0.3 is 0 Å². The topological polar surface area (TPSA) is 56.3 Å². The number of hydrogen-bond donors (Lipinski definition) is 1. The second kappa shape index (κ2) is 6.30. The quantitative estimate of drug-likeness (QED) is 0.901. The summed E-state index contributed by atoms with van der Waals surface area (Å²) in [4.78, 5) is 0. The number of hydrogen-bond acceptors (Lipinski definition) is 5. The number of ether oxygens (including phenoxy) is 2. The molecule has 5 nitrogen and oxygen atoms in total. The van der Waals surface area contributed by atoms with Crippen molar-refractivity contribution in [2.24, 2.45) is 0 Å². The molecule has 0 radical (unpaired) electrons. The first-order valence-electron chi connectivity index (χ1n) is 6.85. The molecule has 0 aromatic carbocycles. The van der Waals surface area contributed by atoms with Crippen LogP contribution in [-0.2, 0) is 11.3 Å². The molecule has 106 valence electrons. The van der Waals surface area contributed by atoms with E-state index in [0.717, 1.165) is 31.7 Å². The van der Waals surface area contributed by atoms with Crippen LogP contribution < -0.4 is 10.1 Å². The molecular formula is C14H23N3O2. The van der Waals surface area contributed by atoms with E-state index >= 15 is 0 Å². The van der Waals surface area contributed by atoms with Crippen molar-refractivity contribution >= 4 is 0 Å². The molecule has 1 aliphatic heterocycles. The van der Waals surface area contributed by atoms with Crippen LogP contribution in [0.3, 0.4) is 0 Å². The largest absolute Gasteiger partial charge is 0.473 e. The molecule has 0 amide bonds. The Balaban J connectivity index is 1.83. The van der Waals surface area contributed by atoms with Gasteiger partial charge in [0.05, 0.1) is 18.9 Å². The summed E-state index contributed by atoms with van der Waals surface area (Å²) >= 11 is 0. The van der Waals surface area contributed by atoms with E-state index in [-0.39, 0.29) is 11.6 Å². The van der Waals surface area contributed by atoms with Crippen LogP contribution in [0.5, 0.6) is 5.88 Å². The smallest absolute Gasteiger partial charge is 0.233 e. The van der Waals surface area contributed by atoms with Crippen molar-refractivity contribution in [2.75, 3.05) is 13.2 Å². The third kappa shape index (κ3) is 5.12. The zero-order valence-electron chi connectivity index (χ0n) is 12.0. The van der Waals surface area contributed by atoms with Gasteiger partial charge in [-0.25, -0.2) is 0 Å². The molecule has 0 spiro atoms. The summed E-state index contributed by atoms with van der Waals surface area (Å²) < 4.78 is 11.1. The Morgan fingerprint density at radius 1 is 1.26 bits per heavy atom. The molecule has 5 heteroatoms. The van der Waals surface area contributed by atoms with Gasteiger partial charge < -0.3 is 14.8 Å². The minimum absolute atomic E-state index is 0.0823. The predicted octanol–water partition coefficient (Wildman–Crippen LogP) is 1.92. The monoisotopic (exact) mass is 265 g/mol. The van der Waals surface area contributed by atoms with E-state index in [2.05, 4.69) is 36.3 Å². The SMILES string of the molecule is CC(C)(C)NCc1ccc(OC2CCOCC2)nn1. The maximum Gasteiger partial charge on any atom is 0.233 e. The third-order valence-electron chi connectivity index (χ3n) is 2.95. The molecule has 0 unspecified atom stereocenters. The number of nitrogens with one attached hydrogen (secondary N) is 1. The lowest BCUT2D eigenvalue weighted by Crippen LogP contribution is -2.35. The van der Waals surface area contributed by atoms with Crippen molar-refractivity contribution in [2.45, 2.75) is 51.8 Å². The fraction of sp³-hybridized carbons (Fsp3) is 0.714. The average molecular weight is 265 g/mol. The molecule has 0 bridgehead atoms. The van der Waals surface area contributed by atoms with E-state index < -0.39 is 0 Å². The molecule has 1 saturated heterocycles. The van der Waals surface area contributed by atoms with Crippen LogP contribution in [-0.4, -0.2) is 35.1 Å². The fourth-order valence-electron chi connectivity index (χ4n) is 1.83. The molecule has 0 saturated carbocycles. The summed E-state index contributed by atoms with van der Waals surface area (Å²) in [5, 5.41) is 11.7. The van der Waals surface area contributed by atoms with Crippen LogP contribution in [0.2, 0.25) is 0 Å². The highest BCUT2D eigenvalue weighted by atomic mass is 16.5. The van der Waals surface area contributed by atoms with Crippen molar-refractivity contribution in [1.82, 2.24) is 15.5 Å². The summed E-state index contributed by atoms with van der Waals surface area (Å²) in [6.07, 6.45) is 2.06. The molecule has 1 aliphatic rings. The Hall–Kier alpha value is -1.20. The van der Waals surface area contributed by atoms with Crippen molar-refractivity contribution in [3.05, 3.63) is 17.8 Å². The molecule has 19 heavy (non-hydrogen) atoms. The summed E-state index contributed by atoms with van der Waals surface area (Å²) in [5.74, 6) is 0.603. The Morgan fingerprint density at radius 2 is 2.00 bits per heavy atom. The normalized spacial score (nSPS) is 17.4. The fourth-order valence-corrected chi connectivity index (χ4v) is 1.83. The number of aromatic nitrogens is 2. The maximum atomic E-state index is 5.78. The molecule has 0 atom stereocenters. The predicted molar refractivity (Wildman–Crippen MR) is 73.1 cm³/mol. The van der Waals surface area contributed by atoms with Gasteiger partial charge in [0, 0.05) is 31.0 Å². The van der Waals surface area contributed by atoms with Gasteiger partial charge in [-0.2, -0.15) is 5.10 Å². The van der Waals surface area contributed by atoms with Gasteiger partial charge in [0.1, 0.15) is 6.10 Å². The van der Waals surface area contributed by atoms with Gasteiger partial charge in [0.2, 0.25) is 5.88 Å². The molecule has 1 aromatic heterocycles. The van der Waals surface area contributed by atoms with E-state index in [4.69, 9.17) is 9.47 Å². The summed E-state index contributed by atoms with van der Waals surface area (Å²) in [6.45, 7) is 8.64. The Morgan fingerprint density at radius 3 is 2.58 bits per heavy atom. The number of rotatable bonds is 4. The molecule has 1 N–H and O–H groups in total. The van der Waals surface area contributed by atoms with E-state index in [1.807, 2.05) is 12.1 Å². The first-order valence-corrected chi connectivity index (χ1v) is 6.85. The molecule has 1 fully saturated rings. The molecule has 0 aliphatic carbocycles. The van der Waals surface area contributed by atoms with Crippen LogP contribution in [0.4, 0.5) is 0 Å². The van der Waals surface area contributed by atoms with E-state index in [1.165, 1.54) is 0 Å². The van der Waals surface area contributed by atoms with Crippen LogP contribution in [0.25, 0.3) is 0 Å². The lowest BCUT2D eigenvalue weighted by Gasteiger charge is -2.22. The highest BCUT2D eigenvalue weighted by molar-refractivity contribution is 5.12. The molecule has 2 heterocycles. The lowest BCUT2D eigenvalue weighted by molar-refractivity contribution is 0.0233. The Bertz CT molecular complexity index is 381. The van der Waals surface area contributed by atoms with E-state index in [1.54, 1.807) is 0 Å². The highest BCUT2D eigenvalue weighted by Gasteiger charge is 2.16. The molecule has 2 rings (SSSR count). The molecular weight excluding hydrogens is 242 g/mol. The van der Waals surface area contributed by atoms with Crippen LogP contribution in [0.1, 0.15) is 39.3 Å². The Kier molecular flexibility index (Phi) is 4.71. The van der Waals surface area contributed by atoms with Gasteiger partial charge in [-0.3, -0.25) is 0 Å². The van der Waals surface area contributed by atoms with Gasteiger partial charge in [0.25, 0.3) is 0 Å². The van der Waals surface area contributed by atoms with Gasteiger partial charge in [-0.05, 0) is 26.8 Å². The van der Waals surface area contributed by atoms with Crippen molar-refractivity contribution in [3.63, 3.8) is 0 Å². The van der Waals surface area contributed by atoms with E-state index in [9.17, 15) is 0 Å². The third-order valence-corrected chi connectivity index (χ3v) is 2.95. The van der Waals surface area contributed by atoms with E-state index in [0.29, 0.717) is 12.4 Å². The second-order valence-corrected chi connectivity index (χ2v) is 5.90. The lowest BCUT2D eigenvalue weighted by atomic mass is 10.1. The summed E-state index contributed by atoms with van der Waals surface area (Å²) in [5.41, 5.74) is 1.01. The van der Waals surface area contributed by atoms with Crippen molar-refractivity contribution in [3.8, 4) is 5.88 Å². The maximum absolute atomic E-state index is 5.78. The van der Waals surface area contributed by atoms with Crippen molar-refractivity contribution in [1.29, 1.82) is 0 Å². The van der Waals surface area contributed by atoms with Gasteiger partial charge in [0.15, 0.2) is 0 Å². The molecule has 1 aromatic rings. The first-order chi connectivity index (χ1) is 9.03. The average Bonchev–Trinajstić information content (AvgIpc) is 2.38. The zero-order valence-corrected chi connectivity index (χ0v) is 12.0. The minimum Gasteiger partial charge on any atom is -0.473 e. The van der Waals surface area contributed by atoms with Crippen LogP contribution in [0, 0.1) is 0 Å². The number of nitrogens with zero attached hydrogens (tertiary/aromatic N) is 2. The van der Waals surface area contributed by atoms with Crippen molar-refractivity contribution < 1.29 is 9.47 Å². The standard InChI is InChI=1S/C14H23N3O2/c1-14(2,3)15-10-11-4-5-13(17-16-11)19-12-6-8-18-9-7-12/h4-5,12,15H,6-10H2,1-3H3. The first kappa shape index (κ1) is 14.2. The Labute approximate surface area is 114 Å². The highest BCUT2D eigenvalue weighted by Crippen LogP contribution is 2.15. The minimum atomic E-state index is 0.0823. The zero-order chi connectivity index (χ0) is 13.7. The van der Waals surface area contributed by atoms with Gasteiger partial charge in [-0.1, -0.05) is 0 Å². The summed E-state index contributed by atoms with van der Waals surface area (Å²) in [7, 11) is 0. The van der Waals surface area contributed by atoms with Gasteiger partial charge in [-0.15, -0.1) is 5.10 Å². The second-order valence-electron chi connectivity index (χ2n) is 5.90. The van der Waals surface area contributed by atoms with Crippen LogP contribution in [0.15, 0.2) is 12.1 Å².